The summed E-state index contributed by atoms with van der Waals surface area (Å²) in [6.45, 7) is 12.6. The molecule has 13 heavy (non-hydrogen) atoms. The molecule has 0 spiro atoms. The average molecular weight is 200 g/mol. The van der Waals surface area contributed by atoms with E-state index in [4.69, 9.17) is 4.43 Å². The van der Waals surface area contributed by atoms with Crippen molar-refractivity contribution in [3.63, 3.8) is 0 Å². The highest BCUT2D eigenvalue weighted by molar-refractivity contribution is 6.74. The van der Waals surface area contributed by atoms with E-state index in [0.29, 0.717) is 5.04 Å². The van der Waals surface area contributed by atoms with Gasteiger partial charge in [-0.2, -0.15) is 0 Å². The molecule has 0 aromatic carbocycles. The topological polar surface area (TPSA) is 9.23 Å². The van der Waals surface area contributed by atoms with E-state index in [2.05, 4.69) is 33.9 Å². The Kier molecular flexibility index (Phi) is 3.23. The predicted octanol–water partition coefficient (Wildman–Crippen LogP) is 3.81. The third-order valence-electron chi connectivity index (χ3n) is 3.71. The third kappa shape index (κ3) is 2.81. The monoisotopic (exact) mass is 200 g/mol. The van der Waals surface area contributed by atoms with Crippen molar-refractivity contribution in [1.29, 1.82) is 0 Å². The van der Waals surface area contributed by atoms with Gasteiger partial charge in [0.25, 0.3) is 0 Å². The van der Waals surface area contributed by atoms with Crippen molar-refractivity contribution in [3.05, 3.63) is 0 Å². The zero-order valence-corrected chi connectivity index (χ0v) is 10.8. The predicted molar refractivity (Wildman–Crippen MR) is 60.5 cm³/mol. The lowest BCUT2D eigenvalue weighted by molar-refractivity contribution is 0.167. The molecule has 1 rings (SSSR count). The van der Waals surface area contributed by atoms with Gasteiger partial charge in [-0.15, -0.1) is 0 Å². The first kappa shape index (κ1) is 11.3. The SMILES string of the molecule is CC(C)(C)[Si](C)(C)OCC1CCC1. The summed E-state index contributed by atoms with van der Waals surface area (Å²) in [4.78, 5) is 0. The molecule has 0 radical (unpaired) electrons. The van der Waals surface area contributed by atoms with E-state index in [1.54, 1.807) is 0 Å². The van der Waals surface area contributed by atoms with Crippen molar-refractivity contribution < 1.29 is 4.43 Å². The van der Waals surface area contributed by atoms with E-state index in [-0.39, 0.29) is 0 Å². The molecule has 1 saturated carbocycles. The van der Waals surface area contributed by atoms with Gasteiger partial charge >= 0.3 is 0 Å². The van der Waals surface area contributed by atoms with Gasteiger partial charge in [0.15, 0.2) is 8.32 Å². The molecule has 0 N–H and O–H groups in total. The van der Waals surface area contributed by atoms with Crippen LogP contribution in [-0.4, -0.2) is 14.9 Å². The largest absolute Gasteiger partial charge is 0.417 e. The van der Waals surface area contributed by atoms with Gasteiger partial charge in [-0.25, -0.2) is 0 Å². The van der Waals surface area contributed by atoms with Gasteiger partial charge in [0.05, 0.1) is 0 Å². The Labute approximate surface area is 84.0 Å². The van der Waals surface area contributed by atoms with Crippen molar-refractivity contribution in [1.82, 2.24) is 0 Å². The lowest BCUT2D eigenvalue weighted by atomic mass is 9.86. The van der Waals surface area contributed by atoms with Crippen LogP contribution in [0.4, 0.5) is 0 Å². The van der Waals surface area contributed by atoms with Crippen LogP contribution in [0.3, 0.4) is 0 Å². The van der Waals surface area contributed by atoms with E-state index < -0.39 is 8.32 Å². The summed E-state index contributed by atoms with van der Waals surface area (Å²) in [5.74, 6) is 0.883. The van der Waals surface area contributed by atoms with Crippen LogP contribution in [0.5, 0.6) is 0 Å². The van der Waals surface area contributed by atoms with E-state index in [1.807, 2.05) is 0 Å². The highest BCUT2D eigenvalue weighted by Crippen LogP contribution is 2.38. The summed E-state index contributed by atoms with van der Waals surface area (Å²) in [6, 6.07) is 0. The Morgan fingerprint density at radius 2 is 1.77 bits per heavy atom. The van der Waals surface area contributed by atoms with E-state index >= 15 is 0 Å². The van der Waals surface area contributed by atoms with E-state index in [0.717, 1.165) is 12.5 Å². The smallest absolute Gasteiger partial charge is 0.191 e. The minimum Gasteiger partial charge on any atom is -0.417 e. The van der Waals surface area contributed by atoms with Crippen molar-refractivity contribution >= 4 is 8.32 Å². The van der Waals surface area contributed by atoms with Gasteiger partial charge in [0.1, 0.15) is 0 Å². The molecular weight excluding hydrogens is 176 g/mol. The van der Waals surface area contributed by atoms with Gasteiger partial charge in [0.2, 0.25) is 0 Å². The van der Waals surface area contributed by atoms with Gasteiger partial charge in [0, 0.05) is 6.61 Å². The lowest BCUT2D eigenvalue weighted by Crippen LogP contribution is -2.42. The molecule has 0 aliphatic heterocycles. The third-order valence-corrected chi connectivity index (χ3v) is 8.21. The minimum atomic E-state index is -1.45. The molecule has 1 fully saturated rings. The summed E-state index contributed by atoms with van der Waals surface area (Å²) >= 11 is 0. The van der Waals surface area contributed by atoms with Gasteiger partial charge < -0.3 is 4.43 Å². The normalized spacial score (nSPS) is 20.1. The first-order valence-electron chi connectivity index (χ1n) is 5.47. The van der Waals surface area contributed by atoms with Crippen LogP contribution in [0.25, 0.3) is 0 Å². The number of hydrogen-bond donors (Lipinski definition) is 0. The average Bonchev–Trinajstić information content (AvgIpc) is 1.80. The van der Waals surface area contributed by atoms with Crippen molar-refractivity contribution in [2.24, 2.45) is 5.92 Å². The molecule has 1 aliphatic carbocycles. The molecule has 2 heteroatoms. The van der Waals surface area contributed by atoms with Crippen LogP contribution in [0.1, 0.15) is 40.0 Å². The van der Waals surface area contributed by atoms with Gasteiger partial charge in [-0.3, -0.25) is 0 Å². The molecular formula is C11H24OSi. The maximum atomic E-state index is 6.14. The first-order valence-corrected chi connectivity index (χ1v) is 8.38. The molecule has 0 atom stereocenters. The maximum Gasteiger partial charge on any atom is 0.191 e. The molecule has 0 heterocycles. The molecule has 0 saturated heterocycles. The highest BCUT2D eigenvalue weighted by Gasteiger charge is 2.37. The second-order valence-corrected chi connectivity index (χ2v) is 10.7. The Balaban J connectivity index is 2.32. The second kappa shape index (κ2) is 3.74. The molecule has 1 aliphatic rings. The fraction of sp³-hybridized carbons (Fsp3) is 1.00. The van der Waals surface area contributed by atoms with Crippen LogP contribution in [0.15, 0.2) is 0 Å². The Hall–Kier alpha value is 0.177. The van der Waals surface area contributed by atoms with E-state index in [9.17, 15) is 0 Å². The van der Waals surface area contributed by atoms with Crippen LogP contribution in [0, 0.1) is 5.92 Å². The highest BCUT2D eigenvalue weighted by atomic mass is 28.4. The molecule has 1 nitrogen and oxygen atoms in total. The summed E-state index contributed by atoms with van der Waals surface area (Å²) < 4.78 is 6.14. The molecule has 0 amide bonds. The standard InChI is InChI=1S/C11H24OSi/c1-11(2,3)13(4,5)12-9-10-7-6-8-10/h10H,6-9H2,1-5H3. The first-order chi connectivity index (χ1) is 5.83. The van der Waals surface area contributed by atoms with Crippen LogP contribution < -0.4 is 0 Å². The molecule has 78 valence electrons. The number of hydrogen-bond acceptors (Lipinski definition) is 1. The Morgan fingerprint density at radius 1 is 1.23 bits per heavy atom. The summed E-state index contributed by atoms with van der Waals surface area (Å²) in [5.41, 5.74) is 0. The second-order valence-electron chi connectivity index (χ2n) is 5.87. The van der Waals surface area contributed by atoms with Gasteiger partial charge in [-0.05, 0) is 36.9 Å². The molecule has 0 unspecified atom stereocenters. The zero-order valence-electron chi connectivity index (χ0n) is 9.81. The zero-order chi connectivity index (χ0) is 10.1. The quantitative estimate of drug-likeness (QED) is 0.630. The Bertz CT molecular complexity index is 165. The van der Waals surface area contributed by atoms with E-state index in [1.165, 1.54) is 19.3 Å². The van der Waals surface area contributed by atoms with Crippen LogP contribution >= 0.6 is 0 Å². The van der Waals surface area contributed by atoms with Crippen molar-refractivity contribution in [2.75, 3.05) is 6.61 Å². The van der Waals surface area contributed by atoms with Gasteiger partial charge in [-0.1, -0.05) is 27.2 Å². The summed E-state index contributed by atoms with van der Waals surface area (Å²) in [5, 5.41) is 0.372. The van der Waals surface area contributed by atoms with Crippen LogP contribution in [0.2, 0.25) is 18.1 Å². The summed E-state index contributed by atoms with van der Waals surface area (Å²) in [7, 11) is -1.45. The fourth-order valence-electron chi connectivity index (χ4n) is 1.20. The maximum absolute atomic E-state index is 6.14. The minimum absolute atomic E-state index is 0.372. The van der Waals surface area contributed by atoms with Crippen molar-refractivity contribution in [3.8, 4) is 0 Å². The van der Waals surface area contributed by atoms with Crippen molar-refractivity contribution in [2.45, 2.75) is 58.2 Å². The fourth-order valence-corrected chi connectivity index (χ4v) is 2.29. The molecule has 0 bridgehead atoms. The summed E-state index contributed by atoms with van der Waals surface area (Å²) in [6.07, 6.45) is 4.22. The lowest BCUT2D eigenvalue weighted by Gasteiger charge is -2.38. The molecule has 0 aromatic heterocycles. The van der Waals surface area contributed by atoms with Crippen LogP contribution in [-0.2, 0) is 4.43 Å². The Morgan fingerprint density at radius 3 is 2.08 bits per heavy atom. The molecule has 0 aromatic rings. The number of rotatable bonds is 3.